The van der Waals surface area contributed by atoms with Gasteiger partial charge in [0, 0.05) is 0 Å². The van der Waals surface area contributed by atoms with Crippen molar-refractivity contribution < 1.29 is 14.6 Å². The van der Waals surface area contributed by atoms with E-state index < -0.39 is 17.7 Å². The van der Waals surface area contributed by atoms with Crippen molar-refractivity contribution in [2.75, 3.05) is 0 Å². The lowest BCUT2D eigenvalue weighted by atomic mass is 10.2. The summed E-state index contributed by atoms with van der Waals surface area (Å²) in [5.74, 6) is -0.0571. The SMILES string of the molecule is C=C(O)[C@H](CC)NC(=O)OC(C)(C)C. The van der Waals surface area contributed by atoms with Gasteiger partial charge in [-0.25, -0.2) is 4.79 Å². The first-order chi connectivity index (χ1) is 6.26. The molecule has 1 atom stereocenters. The fourth-order valence-electron chi connectivity index (χ4n) is 0.871. The zero-order chi connectivity index (χ0) is 11.4. The molecule has 4 heteroatoms. The van der Waals surface area contributed by atoms with Gasteiger partial charge in [0.15, 0.2) is 0 Å². The number of aliphatic hydroxyl groups is 1. The summed E-state index contributed by atoms with van der Waals surface area (Å²) >= 11 is 0. The Hall–Kier alpha value is -1.19. The molecule has 0 fully saturated rings. The van der Waals surface area contributed by atoms with Crippen molar-refractivity contribution in [3.8, 4) is 0 Å². The normalized spacial score (nSPS) is 13.1. The summed E-state index contributed by atoms with van der Waals surface area (Å²) in [5.41, 5.74) is -0.529. The zero-order valence-electron chi connectivity index (χ0n) is 9.26. The number of alkyl carbamates (subject to hydrolysis) is 1. The first-order valence-corrected chi connectivity index (χ1v) is 4.63. The molecule has 0 aliphatic heterocycles. The molecule has 0 spiro atoms. The van der Waals surface area contributed by atoms with Gasteiger partial charge in [0.05, 0.1) is 6.04 Å². The lowest BCUT2D eigenvalue weighted by Crippen LogP contribution is -2.39. The third-order valence-electron chi connectivity index (χ3n) is 1.50. The maximum absolute atomic E-state index is 11.2. The first-order valence-electron chi connectivity index (χ1n) is 4.63. The third kappa shape index (κ3) is 5.45. The maximum Gasteiger partial charge on any atom is 0.408 e. The highest BCUT2D eigenvalue weighted by atomic mass is 16.6. The zero-order valence-corrected chi connectivity index (χ0v) is 9.26. The molecule has 0 bridgehead atoms. The van der Waals surface area contributed by atoms with Crippen molar-refractivity contribution in [3.63, 3.8) is 0 Å². The number of aliphatic hydroxyl groups excluding tert-OH is 1. The number of rotatable bonds is 3. The molecule has 0 radical (unpaired) electrons. The van der Waals surface area contributed by atoms with E-state index in [-0.39, 0.29) is 5.76 Å². The van der Waals surface area contributed by atoms with Crippen LogP contribution in [0.4, 0.5) is 4.79 Å². The lowest BCUT2D eigenvalue weighted by Gasteiger charge is -2.22. The van der Waals surface area contributed by atoms with Gasteiger partial charge in [-0.2, -0.15) is 0 Å². The Labute approximate surface area is 85.0 Å². The largest absolute Gasteiger partial charge is 0.511 e. The molecule has 0 aromatic rings. The minimum Gasteiger partial charge on any atom is -0.511 e. The second kappa shape index (κ2) is 4.88. The first kappa shape index (κ1) is 12.8. The Morgan fingerprint density at radius 3 is 2.36 bits per heavy atom. The molecule has 0 aliphatic carbocycles. The summed E-state index contributed by atoms with van der Waals surface area (Å²) in [4.78, 5) is 11.2. The number of hydrogen-bond donors (Lipinski definition) is 2. The number of amides is 1. The van der Waals surface area contributed by atoms with Gasteiger partial charge in [0.25, 0.3) is 0 Å². The number of hydrogen-bond acceptors (Lipinski definition) is 3. The van der Waals surface area contributed by atoms with Crippen LogP contribution in [0.25, 0.3) is 0 Å². The van der Waals surface area contributed by atoms with E-state index in [0.717, 1.165) is 0 Å². The molecule has 14 heavy (non-hydrogen) atoms. The van der Waals surface area contributed by atoms with E-state index in [4.69, 9.17) is 9.84 Å². The van der Waals surface area contributed by atoms with Crippen molar-refractivity contribution in [3.05, 3.63) is 12.3 Å². The standard InChI is InChI=1S/C10H19NO3/c1-6-8(7(2)12)11-9(13)14-10(3,4)5/h8,12H,2,6H2,1,3-5H3,(H,11,13)/t8-/m0/s1. The Kier molecular flexibility index (Phi) is 4.47. The van der Waals surface area contributed by atoms with Crippen LogP contribution in [0, 0.1) is 0 Å². The lowest BCUT2D eigenvalue weighted by molar-refractivity contribution is 0.0500. The number of carbonyl (C=O) groups excluding carboxylic acids is 1. The number of nitrogens with one attached hydrogen (secondary N) is 1. The van der Waals surface area contributed by atoms with Gasteiger partial charge in [0.2, 0.25) is 0 Å². The maximum atomic E-state index is 11.2. The fourth-order valence-corrected chi connectivity index (χ4v) is 0.871. The molecule has 1 amide bonds. The van der Waals surface area contributed by atoms with E-state index in [0.29, 0.717) is 6.42 Å². The summed E-state index contributed by atoms with van der Waals surface area (Å²) < 4.78 is 5.02. The second-order valence-electron chi connectivity index (χ2n) is 4.10. The van der Waals surface area contributed by atoms with Crippen LogP contribution in [-0.2, 0) is 4.74 Å². The second-order valence-corrected chi connectivity index (χ2v) is 4.10. The van der Waals surface area contributed by atoms with Crippen LogP contribution >= 0.6 is 0 Å². The van der Waals surface area contributed by atoms with Gasteiger partial charge in [-0.3, -0.25) is 0 Å². The molecule has 0 saturated carbocycles. The minimum absolute atomic E-state index is 0.0571. The molecule has 0 aromatic heterocycles. The Balaban J connectivity index is 4.11. The summed E-state index contributed by atoms with van der Waals surface area (Å²) in [6.07, 6.45) is 0.0359. The van der Waals surface area contributed by atoms with Crippen molar-refractivity contribution in [2.24, 2.45) is 0 Å². The molecule has 0 aliphatic rings. The minimum atomic E-state index is -0.542. The molecular formula is C10H19NO3. The van der Waals surface area contributed by atoms with Crippen LogP contribution in [0.2, 0.25) is 0 Å². The highest BCUT2D eigenvalue weighted by Gasteiger charge is 2.19. The van der Waals surface area contributed by atoms with Crippen LogP contribution in [0.5, 0.6) is 0 Å². The quantitative estimate of drug-likeness (QED) is 0.689. The highest BCUT2D eigenvalue weighted by Crippen LogP contribution is 2.08. The smallest absolute Gasteiger partial charge is 0.408 e. The number of carbonyl (C=O) groups is 1. The molecular weight excluding hydrogens is 182 g/mol. The van der Waals surface area contributed by atoms with Crippen LogP contribution in [0.3, 0.4) is 0 Å². The van der Waals surface area contributed by atoms with E-state index in [1.807, 2.05) is 6.92 Å². The Bertz CT molecular complexity index is 218. The molecule has 2 N–H and O–H groups in total. The van der Waals surface area contributed by atoms with E-state index in [1.165, 1.54) is 0 Å². The van der Waals surface area contributed by atoms with Gasteiger partial charge in [-0.05, 0) is 27.2 Å². The summed E-state index contributed by atoms with van der Waals surface area (Å²) in [6, 6.07) is -0.440. The summed E-state index contributed by atoms with van der Waals surface area (Å²) in [5, 5.41) is 11.6. The Morgan fingerprint density at radius 2 is 2.07 bits per heavy atom. The molecule has 4 nitrogen and oxygen atoms in total. The van der Waals surface area contributed by atoms with Gasteiger partial charge in [-0.15, -0.1) is 0 Å². The van der Waals surface area contributed by atoms with Crippen molar-refractivity contribution in [2.45, 2.75) is 45.8 Å². The molecule has 0 saturated heterocycles. The fraction of sp³-hybridized carbons (Fsp3) is 0.700. The van der Waals surface area contributed by atoms with Crippen LogP contribution < -0.4 is 5.32 Å². The van der Waals surface area contributed by atoms with E-state index in [9.17, 15) is 4.79 Å². The van der Waals surface area contributed by atoms with E-state index >= 15 is 0 Å². The summed E-state index contributed by atoms with van der Waals surface area (Å²) in [7, 11) is 0. The number of ether oxygens (including phenoxy) is 1. The third-order valence-corrected chi connectivity index (χ3v) is 1.50. The van der Waals surface area contributed by atoms with Gasteiger partial charge in [-0.1, -0.05) is 13.5 Å². The van der Waals surface area contributed by atoms with E-state index in [2.05, 4.69) is 11.9 Å². The average Bonchev–Trinajstić information content (AvgIpc) is 1.96. The molecule has 0 rings (SSSR count). The van der Waals surface area contributed by atoms with Crippen LogP contribution in [0.1, 0.15) is 34.1 Å². The van der Waals surface area contributed by atoms with Crippen molar-refractivity contribution in [1.29, 1.82) is 0 Å². The molecule has 0 unspecified atom stereocenters. The predicted octanol–water partition coefficient (Wildman–Crippen LogP) is 2.36. The van der Waals surface area contributed by atoms with Crippen molar-refractivity contribution >= 4 is 6.09 Å². The van der Waals surface area contributed by atoms with Crippen LogP contribution in [-0.4, -0.2) is 22.8 Å². The summed E-state index contributed by atoms with van der Waals surface area (Å²) in [6.45, 7) is 10.5. The monoisotopic (exact) mass is 201 g/mol. The average molecular weight is 201 g/mol. The predicted molar refractivity (Wildman–Crippen MR) is 55.2 cm³/mol. The van der Waals surface area contributed by atoms with Gasteiger partial charge >= 0.3 is 6.09 Å². The molecule has 0 heterocycles. The highest BCUT2D eigenvalue weighted by molar-refractivity contribution is 5.68. The van der Waals surface area contributed by atoms with Gasteiger partial charge < -0.3 is 15.2 Å². The molecule has 82 valence electrons. The Morgan fingerprint density at radius 1 is 1.57 bits per heavy atom. The van der Waals surface area contributed by atoms with Crippen LogP contribution in [0.15, 0.2) is 12.3 Å². The topological polar surface area (TPSA) is 58.6 Å². The molecule has 0 aromatic carbocycles. The van der Waals surface area contributed by atoms with Gasteiger partial charge in [0.1, 0.15) is 11.4 Å². The van der Waals surface area contributed by atoms with Crippen molar-refractivity contribution in [1.82, 2.24) is 5.32 Å². The van der Waals surface area contributed by atoms with E-state index in [1.54, 1.807) is 20.8 Å².